The van der Waals surface area contributed by atoms with Gasteiger partial charge >= 0.3 is 0 Å². The molecule has 6 nitrogen and oxygen atoms in total. The van der Waals surface area contributed by atoms with E-state index in [0.29, 0.717) is 5.92 Å². The second kappa shape index (κ2) is 10.1. The minimum absolute atomic E-state index is 0. The zero-order chi connectivity index (χ0) is 18.8. The SMILES string of the molecule is Cl.Cl.c1ccc(CN2CCC(Cn3ccc4ccc(Cn5cnnc5)cc43)C2)nc1. The third kappa shape index (κ3) is 5.01. The number of rotatable bonds is 6. The van der Waals surface area contributed by atoms with Crippen LogP contribution >= 0.6 is 24.8 Å². The number of hydrogen-bond acceptors (Lipinski definition) is 4. The maximum atomic E-state index is 4.47. The molecule has 158 valence electrons. The lowest BCUT2D eigenvalue weighted by Gasteiger charge is -2.16. The maximum absolute atomic E-state index is 4.47. The van der Waals surface area contributed by atoms with E-state index in [0.717, 1.165) is 38.4 Å². The van der Waals surface area contributed by atoms with Crippen LogP contribution in [0.5, 0.6) is 0 Å². The lowest BCUT2D eigenvalue weighted by atomic mass is 10.1. The highest BCUT2D eigenvalue weighted by molar-refractivity contribution is 5.85. The van der Waals surface area contributed by atoms with Crippen molar-refractivity contribution in [3.05, 3.63) is 78.8 Å². The predicted molar refractivity (Wildman–Crippen MR) is 123 cm³/mol. The van der Waals surface area contributed by atoms with Crippen molar-refractivity contribution in [3.8, 4) is 0 Å². The van der Waals surface area contributed by atoms with Crippen molar-refractivity contribution < 1.29 is 0 Å². The average molecular weight is 445 g/mol. The minimum atomic E-state index is 0. The highest BCUT2D eigenvalue weighted by Crippen LogP contribution is 2.24. The van der Waals surface area contributed by atoms with Gasteiger partial charge < -0.3 is 9.13 Å². The third-order valence-corrected chi connectivity index (χ3v) is 5.61. The van der Waals surface area contributed by atoms with Gasteiger partial charge in [0.2, 0.25) is 0 Å². The molecule has 0 amide bonds. The average Bonchev–Trinajstić information content (AvgIpc) is 3.46. The third-order valence-electron chi connectivity index (χ3n) is 5.61. The zero-order valence-corrected chi connectivity index (χ0v) is 18.3. The Labute approximate surface area is 188 Å². The normalized spacial score (nSPS) is 16.3. The fourth-order valence-electron chi connectivity index (χ4n) is 4.21. The highest BCUT2D eigenvalue weighted by Gasteiger charge is 2.23. The first-order chi connectivity index (χ1) is 13.8. The van der Waals surface area contributed by atoms with Gasteiger partial charge in [-0.3, -0.25) is 9.88 Å². The molecule has 1 aromatic carbocycles. The number of likely N-dealkylation sites (tertiary alicyclic amines) is 1. The molecule has 0 radical (unpaired) electrons. The molecule has 5 rings (SSSR count). The maximum Gasteiger partial charge on any atom is 0.119 e. The molecule has 1 fully saturated rings. The smallest absolute Gasteiger partial charge is 0.119 e. The van der Waals surface area contributed by atoms with Gasteiger partial charge in [0.15, 0.2) is 0 Å². The molecule has 1 aliphatic heterocycles. The molecule has 0 saturated carbocycles. The van der Waals surface area contributed by atoms with Gasteiger partial charge in [0.05, 0.1) is 12.2 Å². The quantitative estimate of drug-likeness (QED) is 0.450. The molecule has 1 saturated heterocycles. The Kier molecular flexibility index (Phi) is 7.48. The Morgan fingerprint density at radius 3 is 2.63 bits per heavy atom. The van der Waals surface area contributed by atoms with Gasteiger partial charge in [0.25, 0.3) is 0 Å². The number of benzene rings is 1. The molecule has 0 bridgehead atoms. The molecule has 4 heterocycles. The van der Waals surface area contributed by atoms with Crippen LogP contribution in [0.25, 0.3) is 10.9 Å². The van der Waals surface area contributed by atoms with E-state index >= 15 is 0 Å². The van der Waals surface area contributed by atoms with E-state index in [1.54, 1.807) is 12.7 Å². The largest absolute Gasteiger partial charge is 0.347 e. The molecule has 1 aliphatic rings. The van der Waals surface area contributed by atoms with Gasteiger partial charge in [0.1, 0.15) is 12.7 Å². The fourth-order valence-corrected chi connectivity index (χ4v) is 4.21. The van der Waals surface area contributed by atoms with Crippen molar-refractivity contribution >= 4 is 35.7 Å². The monoisotopic (exact) mass is 444 g/mol. The number of halogens is 2. The highest BCUT2D eigenvalue weighted by atomic mass is 35.5. The molecule has 1 unspecified atom stereocenters. The van der Waals surface area contributed by atoms with E-state index in [4.69, 9.17) is 0 Å². The molecule has 4 aromatic rings. The van der Waals surface area contributed by atoms with Crippen LogP contribution in [-0.2, 0) is 19.6 Å². The number of hydrogen-bond donors (Lipinski definition) is 0. The van der Waals surface area contributed by atoms with Crippen LogP contribution in [0.1, 0.15) is 17.7 Å². The molecule has 8 heteroatoms. The lowest BCUT2D eigenvalue weighted by molar-refractivity contribution is 0.306. The number of pyridine rings is 1. The summed E-state index contributed by atoms with van der Waals surface area (Å²) >= 11 is 0. The van der Waals surface area contributed by atoms with Gasteiger partial charge in [-0.05, 0) is 54.1 Å². The van der Waals surface area contributed by atoms with Crippen LogP contribution in [0.2, 0.25) is 0 Å². The van der Waals surface area contributed by atoms with Crippen LogP contribution in [0.15, 0.2) is 67.5 Å². The molecule has 3 aromatic heterocycles. The second-order valence-corrected chi connectivity index (χ2v) is 7.71. The summed E-state index contributed by atoms with van der Waals surface area (Å²) in [6.45, 7) is 5.11. The fraction of sp³-hybridized carbons (Fsp3) is 0.318. The lowest BCUT2D eigenvalue weighted by Crippen LogP contribution is -2.22. The summed E-state index contributed by atoms with van der Waals surface area (Å²) in [7, 11) is 0. The molecule has 30 heavy (non-hydrogen) atoms. The molecule has 0 N–H and O–H groups in total. The summed E-state index contributed by atoms with van der Waals surface area (Å²) < 4.78 is 4.42. The van der Waals surface area contributed by atoms with E-state index < -0.39 is 0 Å². The Bertz CT molecular complexity index is 1050. The topological polar surface area (TPSA) is 51.8 Å². The van der Waals surface area contributed by atoms with Gasteiger partial charge in [0, 0.05) is 37.5 Å². The van der Waals surface area contributed by atoms with Crippen molar-refractivity contribution in [3.63, 3.8) is 0 Å². The van der Waals surface area contributed by atoms with Crippen molar-refractivity contribution in [2.24, 2.45) is 5.92 Å². The van der Waals surface area contributed by atoms with E-state index in [1.807, 2.05) is 16.8 Å². The summed E-state index contributed by atoms with van der Waals surface area (Å²) in [5.74, 6) is 0.681. The summed E-state index contributed by atoms with van der Waals surface area (Å²) in [5, 5.41) is 9.09. The second-order valence-electron chi connectivity index (χ2n) is 7.71. The van der Waals surface area contributed by atoms with E-state index in [-0.39, 0.29) is 24.8 Å². The van der Waals surface area contributed by atoms with Crippen LogP contribution in [0.4, 0.5) is 0 Å². The van der Waals surface area contributed by atoms with Gasteiger partial charge in [-0.15, -0.1) is 35.0 Å². The predicted octanol–water partition coefficient (Wildman–Crippen LogP) is 4.04. The Morgan fingerprint density at radius 2 is 1.83 bits per heavy atom. The van der Waals surface area contributed by atoms with Gasteiger partial charge in [-0.25, -0.2) is 0 Å². The van der Waals surface area contributed by atoms with E-state index in [1.165, 1.54) is 22.9 Å². The van der Waals surface area contributed by atoms with Crippen LogP contribution in [0, 0.1) is 5.92 Å². The van der Waals surface area contributed by atoms with E-state index in [9.17, 15) is 0 Å². The Morgan fingerprint density at radius 1 is 0.967 bits per heavy atom. The van der Waals surface area contributed by atoms with Gasteiger partial charge in [-0.1, -0.05) is 18.2 Å². The number of nitrogens with zero attached hydrogens (tertiary/aromatic N) is 6. The van der Waals surface area contributed by atoms with Crippen molar-refractivity contribution in [2.45, 2.75) is 26.1 Å². The number of aromatic nitrogens is 5. The first-order valence-electron chi connectivity index (χ1n) is 9.86. The van der Waals surface area contributed by atoms with Crippen LogP contribution < -0.4 is 0 Å². The summed E-state index contributed by atoms with van der Waals surface area (Å²) in [6, 6.07) is 15.1. The Balaban J connectivity index is 0.00000128. The minimum Gasteiger partial charge on any atom is -0.347 e. The van der Waals surface area contributed by atoms with Crippen molar-refractivity contribution in [1.82, 2.24) is 29.2 Å². The summed E-state index contributed by atoms with van der Waals surface area (Å²) in [6.07, 6.45) is 8.88. The Hall–Kier alpha value is -2.41. The zero-order valence-electron chi connectivity index (χ0n) is 16.7. The van der Waals surface area contributed by atoms with Crippen LogP contribution in [0.3, 0.4) is 0 Å². The molecule has 0 aliphatic carbocycles. The van der Waals surface area contributed by atoms with Crippen LogP contribution in [-0.4, -0.2) is 42.3 Å². The van der Waals surface area contributed by atoms with Crippen molar-refractivity contribution in [2.75, 3.05) is 13.1 Å². The molecule has 1 atom stereocenters. The number of fused-ring (bicyclic) bond motifs is 1. The summed E-state index contributed by atoms with van der Waals surface area (Å²) in [5.41, 5.74) is 3.75. The first-order valence-corrected chi connectivity index (χ1v) is 9.86. The summed E-state index contributed by atoms with van der Waals surface area (Å²) in [4.78, 5) is 6.99. The molecule has 0 spiro atoms. The van der Waals surface area contributed by atoms with Gasteiger partial charge in [-0.2, -0.15) is 0 Å². The molecular formula is C22H26Cl2N6. The first kappa shape index (κ1) is 22.3. The van der Waals surface area contributed by atoms with E-state index in [2.05, 4.69) is 67.2 Å². The van der Waals surface area contributed by atoms with Crippen molar-refractivity contribution in [1.29, 1.82) is 0 Å². The molecular weight excluding hydrogens is 419 g/mol. The standard InChI is InChI=1S/C22H24N6.2ClH/c1-2-8-23-21(3-1)15-26-9-6-19(13-26)14-28-10-7-20-5-4-18(11-22(20)28)12-27-16-24-25-17-27;;/h1-5,7-8,10-11,16-17,19H,6,9,12-15H2;2*1H.